The van der Waals surface area contributed by atoms with Crippen molar-refractivity contribution in [3.8, 4) is 5.75 Å². The number of rotatable bonds is 5. The number of likely N-dealkylation sites (tertiary alicyclic amines) is 1. The maximum absolute atomic E-state index is 12.1. The number of alkyl halides is 3. The molecule has 1 aromatic rings. The molecule has 0 bridgehead atoms. The van der Waals surface area contributed by atoms with E-state index in [0.29, 0.717) is 6.54 Å². The molecule has 0 aromatic heterocycles. The topological polar surface area (TPSA) is 49.8 Å². The molecule has 1 N–H and O–H groups in total. The van der Waals surface area contributed by atoms with E-state index in [0.717, 1.165) is 37.9 Å². The lowest BCUT2D eigenvalue weighted by Gasteiger charge is -2.32. The van der Waals surface area contributed by atoms with Crippen molar-refractivity contribution in [1.82, 2.24) is 4.90 Å². The molecule has 1 saturated carbocycles. The first kappa shape index (κ1) is 17.1. The van der Waals surface area contributed by atoms with Gasteiger partial charge in [-0.05, 0) is 55.5 Å². The third-order valence-electron chi connectivity index (χ3n) is 5.07. The fourth-order valence-corrected chi connectivity index (χ4v) is 3.52. The van der Waals surface area contributed by atoms with Gasteiger partial charge < -0.3 is 9.84 Å². The van der Waals surface area contributed by atoms with Crippen molar-refractivity contribution in [2.24, 2.45) is 11.3 Å². The second kappa shape index (κ2) is 6.27. The molecule has 2 aliphatic rings. The summed E-state index contributed by atoms with van der Waals surface area (Å²) in [6.07, 6.45) is -1.74. The normalized spacial score (nSPS) is 23.2. The molecule has 1 aliphatic heterocycles. The molecule has 1 aromatic carbocycles. The van der Waals surface area contributed by atoms with E-state index in [4.69, 9.17) is 9.84 Å². The maximum Gasteiger partial charge on any atom is 0.422 e. The molecule has 1 unspecified atom stereocenters. The smallest absolute Gasteiger partial charge is 0.422 e. The number of piperidine rings is 1. The second-order valence-corrected chi connectivity index (χ2v) is 6.78. The lowest BCUT2D eigenvalue weighted by Crippen LogP contribution is -2.35. The van der Waals surface area contributed by atoms with E-state index < -0.39 is 18.8 Å². The Morgan fingerprint density at radius 3 is 2.38 bits per heavy atom. The third-order valence-corrected chi connectivity index (χ3v) is 5.07. The van der Waals surface area contributed by atoms with Gasteiger partial charge in [-0.3, -0.25) is 9.69 Å². The lowest BCUT2D eigenvalue weighted by atomic mass is 9.90. The fourth-order valence-electron chi connectivity index (χ4n) is 3.52. The van der Waals surface area contributed by atoms with Crippen LogP contribution >= 0.6 is 0 Å². The molecule has 0 radical (unpaired) electrons. The van der Waals surface area contributed by atoms with Gasteiger partial charge in [0.2, 0.25) is 0 Å². The van der Waals surface area contributed by atoms with Crippen LogP contribution in [0.25, 0.3) is 0 Å². The molecule has 3 rings (SSSR count). The molecule has 1 atom stereocenters. The Labute approximate surface area is 138 Å². The highest BCUT2D eigenvalue weighted by molar-refractivity contribution is 5.74. The molecule has 1 heterocycles. The minimum absolute atomic E-state index is 0.0115. The fraction of sp³-hybridized carbons (Fsp3) is 0.588. The van der Waals surface area contributed by atoms with Crippen LogP contribution in [0.2, 0.25) is 0 Å². The lowest BCUT2D eigenvalue weighted by molar-refractivity contribution is -0.153. The van der Waals surface area contributed by atoms with E-state index in [-0.39, 0.29) is 17.1 Å². The molecule has 24 heavy (non-hydrogen) atoms. The molecule has 132 valence electrons. The van der Waals surface area contributed by atoms with Crippen molar-refractivity contribution >= 4 is 5.97 Å². The van der Waals surface area contributed by atoms with Gasteiger partial charge >= 0.3 is 12.1 Å². The van der Waals surface area contributed by atoms with Crippen molar-refractivity contribution < 1.29 is 27.8 Å². The summed E-state index contributed by atoms with van der Waals surface area (Å²) in [5.41, 5.74) is 1.02. The van der Waals surface area contributed by atoms with E-state index in [9.17, 15) is 18.0 Å². The van der Waals surface area contributed by atoms with Crippen molar-refractivity contribution in [3.05, 3.63) is 29.8 Å². The van der Waals surface area contributed by atoms with Gasteiger partial charge in [0.1, 0.15) is 5.75 Å². The van der Waals surface area contributed by atoms with Gasteiger partial charge in [0.15, 0.2) is 6.61 Å². The zero-order valence-corrected chi connectivity index (χ0v) is 13.2. The number of aliphatic carboxylic acids is 1. The average molecular weight is 343 g/mol. The van der Waals surface area contributed by atoms with Crippen molar-refractivity contribution in [2.45, 2.75) is 32.0 Å². The van der Waals surface area contributed by atoms with Gasteiger partial charge in [-0.25, -0.2) is 0 Å². The van der Waals surface area contributed by atoms with Crippen molar-refractivity contribution in [2.75, 3.05) is 19.7 Å². The molecule has 1 aliphatic carbocycles. The first-order chi connectivity index (χ1) is 11.3. The van der Waals surface area contributed by atoms with Gasteiger partial charge in [-0.2, -0.15) is 13.2 Å². The first-order valence-electron chi connectivity index (χ1n) is 8.01. The maximum atomic E-state index is 12.1. The van der Waals surface area contributed by atoms with Crippen molar-refractivity contribution in [1.29, 1.82) is 0 Å². The van der Waals surface area contributed by atoms with Gasteiger partial charge in [0, 0.05) is 6.54 Å². The Morgan fingerprint density at radius 1 is 1.25 bits per heavy atom. The number of halogens is 3. The largest absolute Gasteiger partial charge is 0.484 e. The number of nitrogens with zero attached hydrogens (tertiary/aromatic N) is 1. The number of carbonyl (C=O) groups is 1. The number of ether oxygens (including phenoxy) is 1. The van der Waals surface area contributed by atoms with E-state index >= 15 is 0 Å². The third kappa shape index (κ3) is 4.01. The van der Waals surface area contributed by atoms with Crippen molar-refractivity contribution in [3.63, 3.8) is 0 Å². The Hall–Kier alpha value is -1.76. The molecule has 1 spiro atoms. The standard InChI is InChI=1S/C17H20F3NO3/c18-17(19,20)11-24-13-3-1-12(2-4-13)10-21-7-5-16(6-8-21)9-14(16)15(22)23/h1-4,14H,5-11H2,(H,22,23). The predicted octanol–water partition coefficient (Wildman–Crippen LogP) is 3.31. The average Bonchev–Trinajstić information content (AvgIpc) is 3.23. The second-order valence-electron chi connectivity index (χ2n) is 6.78. The molecule has 0 amide bonds. The van der Waals surface area contributed by atoms with Crippen LogP contribution in [0.5, 0.6) is 5.75 Å². The summed E-state index contributed by atoms with van der Waals surface area (Å²) < 4.78 is 41.0. The number of carboxylic acid groups (broad SMARTS) is 1. The van der Waals surface area contributed by atoms with Crippen LogP contribution in [-0.2, 0) is 11.3 Å². The zero-order valence-electron chi connectivity index (χ0n) is 13.2. The van der Waals surface area contributed by atoms with Crippen LogP contribution in [0, 0.1) is 11.3 Å². The Morgan fingerprint density at radius 2 is 1.88 bits per heavy atom. The number of hydrogen-bond donors (Lipinski definition) is 1. The van der Waals surface area contributed by atoms with E-state index in [1.54, 1.807) is 24.3 Å². The van der Waals surface area contributed by atoms with Gasteiger partial charge in [0.05, 0.1) is 5.92 Å². The quantitative estimate of drug-likeness (QED) is 0.891. The van der Waals surface area contributed by atoms with Crippen LogP contribution in [0.3, 0.4) is 0 Å². The Bertz CT molecular complexity index is 592. The van der Waals surface area contributed by atoms with E-state index in [1.165, 1.54) is 0 Å². The summed E-state index contributed by atoms with van der Waals surface area (Å²) in [6, 6.07) is 6.64. The van der Waals surface area contributed by atoms with Crippen LogP contribution in [-0.4, -0.2) is 41.8 Å². The molecular weight excluding hydrogens is 323 g/mol. The van der Waals surface area contributed by atoms with Crippen LogP contribution < -0.4 is 4.74 Å². The molecule has 7 heteroatoms. The van der Waals surface area contributed by atoms with Gasteiger partial charge in [0.25, 0.3) is 0 Å². The summed E-state index contributed by atoms with van der Waals surface area (Å²) in [6.45, 7) is 1.14. The minimum Gasteiger partial charge on any atom is -0.484 e. The highest BCUT2D eigenvalue weighted by Crippen LogP contribution is 2.59. The summed E-state index contributed by atoms with van der Waals surface area (Å²) in [7, 11) is 0. The van der Waals surface area contributed by atoms with Gasteiger partial charge in [-0.15, -0.1) is 0 Å². The predicted molar refractivity (Wildman–Crippen MR) is 80.7 cm³/mol. The van der Waals surface area contributed by atoms with Crippen LogP contribution in [0.1, 0.15) is 24.8 Å². The van der Waals surface area contributed by atoms with Crippen LogP contribution in [0.4, 0.5) is 13.2 Å². The highest BCUT2D eigenvalue weighted by atomic mass is 19.4. The Balaban J connectivity index is 1.47. The molecule has 1 saturated heterocycles. The SMILES string of the molecule is O=C(O)C1CC12CCN(Cc1ccc(OCC(F)(F)F)cc1)CC2. The summed E-state index contributed by atoms with van der Waals surface area (Å²) in [5, 5.41) is 9.10. The number of benzene rings is 1. The zero-order chi connectivity index (χ0) is 17.4. The number of hydrogen-bond acceptors (Lipinski definition) is 3. The number of carboxylic acids is 1. The molecular formula is C17H20F3NO3. The molecule has 2 fully saturated rings. The minimum atomic E-state index is -4.33. The molecule has 4 nitrogen and oxygen atoms in total. The first-order valence-corrected chi connectivity index (χ1v) is 8.01. The monoisotopic (exact) mass is 343 g/mol. The van der Waals surface area contributed by atoms with E-state index in [1.807, 2.05) is 0 Å². The van der Waals surface area contributed by atoms with Gasteiger partial charge in [-0.1, -0.05) is 12.1 Å². The van der Waals surface area contributed by atoms with E-state index in [2.05, 4.69) is 4.90 Å². The highest BCUT2D eigenvalue weighted by Gasteiger charge is 2.58. The summed E-state index contributed by atoms with van der Waals surface area (Å²) in [4.78, 5) is 13.3. The van der Waals surface area contributed by atoms with Crippen LogP contribution in [0.15, 0.2) is 24.3 Å². The Kier molecular flexibility index (Phi) is 4.46. The summed E-state index contributed by atoms with van der Waals surface area (Å²) in [5.74, 6) is -0.654. The summed E-state index contributed by atoms with van der Waals surface area (Å²) >= 11 is 0.